The van der Waals surface area contributed by atoms with E-state index in [2.05, 4.69) is 12.6 Å². The van der Waals surface area contributed by atoms with Gasteiger partial charge in [-0.2, -0.15) is 0 Å². The minimum absolute atomic E-state index is 0. The van der Waals surface area contributed by atoms with Gasteiger partial charge in [0.05, 0.1) is 0 Å². The SMILES string of the molecule is Cl.Cl.O=[P](O)O.Sc1ccccc1. The molecule has 1 aromatic rings. The maximum Gasteiger partial charge on any atom is 0.363 e. The number of hydrogen-bond donors (Lipinski definition) is 3. The first-order valence-corrected chi connectivity index (χ1v) is 4.33. The lowest BCUT2D eigenvalue weighted by molar-refractivity contribution is 0.405. The summed E-state index contributed by atoms with van der Waals surface area (Å²) in [6.45, 7) is 0. The topological polar surface area (TPSA) is 57.5 Å². The van der Waals surface area contributed by atoms with E-state index >= 15 is 0 Å². The fraction of sp³-hybridized carbons (Fsp3) is 0. The summed E-state index contributed by atoms with van der Waals surface area (Å²) in [5, 5.41) is 0. The molecule has 0 bridgehead atoms. The molecule has 0 aliphatic heterocycles. The van der Waals surface area contributed by atoms with Crippen molar-refractivity contribution in [2.24, 2.45) is 0 Å². The Labute approximate surface area is 95.4 Å². The standard InChI is InChI=1S/C6H6S.2ClH.H2O3P/c7-6-4-2-1-3-5-6;;;1-4(2)3/h1-5,7H;2*1H;(H2,1,2,3). The van der Waals surface area contributed by atoms with Crippen molar-refractivity contribution in [2.45, 2.75) is 4.90 Å². The molecule has 2 N–H and O–H groups in total. The average molecular weight is 264 g/mol. The van der Waals surface area contributed by atoms with E-state index < -0.39 is 8.25 Å². The smallest absolute Gasteiger partial charge is 0.298 e. The normalized spacial score (nSPS) is 6.69. The van der Waals surface area contributed by atoms with E-state index in [1.165, 1.54) is 0 Å². The van der Waals surface area contributed by atoms with Crippen LogP contribution in [0.3, 0.4) is 0 Å². The van der Waals surface area contributed by atoms with Crippen molar-refractivity contribution in [3.8, 4) is 0 Å². The van der Waals surface area contributed by atoms with Gasteiger partial charge in [-0.3, -0.25) is 9.79 Å². The van der Waals surface area contributed by atoms with Gasteiger partial charge in [-0.05, 0) is 12.1 Å². The van der Waals surface area contributed by atoms with Crippen LogP contribution in [0.1, 0.15) is 0 Å². The molecule has 0 aromatic heterocycles. The van der Waals surface area contributed by atoms with E-state index in [9.17, 15) is 0 Å². The van der Waals surface area contributed by atoms with Gasteiger partial charge < -0.3 is 0 Å². The van der Waals surface area contributed by atoms with E-state index in [1.54, 1.807) is 0 Å². The zero-order valence-electron chi connectivity index (χ0n) is 6.40. The molecule has 0 heterocycles. The minimum Gasteiger partial charge on any atom is -0.298 e. The lowest BCUT2D eigenvalue weighted by Gasteiger charge is -1.81. The molecule has 0 atom stereocenters. The second-order valence-electron chi connectivity index (χ2n) is 1.59. The summed E-state index contributed by atoms with van der Waals surface area (Å²) in [5.41, 5.74) is 0. The number of benzene rings is 1. The van der Waals surface area contributed by atoms with Gasteiger partial charge >= 0.3 is 8.25 Å². The van der Waals surface area contributed by atoms with Gasteiger partial charge in [-0.25, -0.2) is 4.57 Å². The van der Waals surface area contributed by atoms with Crippen LogP contribution >= 0.6 is 45.7 Å². The molecule has 0 unspecified atom stereocenters. The molecule has 0 spiro atoms. The second kappa shape index (κ2) is 12.2. The van der Waals surface area contributed by atoms with Gasteiger partial charge in [-0.15, -0.1) is 37.4 Å². The monoisotopic (exact) mass is 263 g/mol. The predicted molar refractivity (Wildman–Crippen MR) is 60.2 cm³/mol. The fourth-order valence-electron chi connectivity index (χ4n) is 0.428. The van der Waals surface area contributed by atoms with Crippen LogP contribution in [-0.4, -0.2) is 9.79 Å². The summed E-state index contributed by atoms with van der Waals surface area (Å²) in [4.78, 5) is 15.3. The Kier molecular flexibility index (Phi) is 17.7. The molecule has 7 heteroatoms. The quantitative estimate of drug-likeness (QED) is 0.498. The lowest BCUT2D eigenvalue weighted by atomic mass is 10.4. The van der Waals surface area contributed by atoms with Crippen molar-refractivity contribution in [2.75, 3.05) is 0 Å². The molecule has 0 saturated heterocycles. The third-order valence-corrected chi connectivity index (χ3v) is 1.05. The Hall–Kier alpha value is 0.170. The highest BCUT2D eigenvalue weighted by atomic mass is 35.5. The molecule has 13 heavy (non-hydrogen) atoms. The maximum atomic E-state index is 8.70. The van der Waals surface area contributed by atoms with Gasteiger partial charge in [0.25, 0.3) is 0 Å². The number of halogens is 2. The largest absolute Gasteiger partial charge is 0.363 e. The Morgan fingerprint density at radius 2 is 1.38 bits per heavy atom. The van der Waals surface area contributed by atoms with Crippen LogP contribution in [0.25, 0.3) is 0 Å². The number of thiol groups is 1. The summed E-state index contributed by atoms with van der Waals surface area (Å²) in [6, 6.07) is 9.79. The van der Waals surface area contributed by atoms with Crippen LogP contribution in [0.5, 0.6) is 0 Å². The van der Waals surface area contributed by atoms with Crippen LogP contribution in [0.4, 0.5) is 0 Å². The molecule has 1 aromatic carbocycles. The van der Waals surface area contributed by atoms with E-state index in [-0.39, 0.29) is 24.8 Å². The van der Waals surface area contributed by atoms with Crippen LogP contribution in [0, 0.1) is 0 Å². The van der Waals surface area contributed by atoms with Crippen molar-refractivity contribution in [3.63, 3.8) is 0 Å². The molecule has 0 aliphatic rings. The molecule has 77 valence electrons. The molecule has 1 radical (unpaired) electrons. The molecule has 0 amide bonds. The molecule has 0 fully saturated rings. The van der Waals surface area contributed by atoms with Crippen LogP contribution < -0.4 is 0 Å². The van der Waals surface area contributed by atoms with Gasteiger partial charge in [0.2, 0.25) is 0 Å². The molecular formula is C6H10Cl2O3PS. The second-order valence-corrected chi connectivity index (χ2v) is 2.61. The van der Waals surface area contributed by atoms with Gasteiger partial charge in [0.15, 0.2) is 0 Å². The summed E-state index contributed by atoms with van der Waals surface area (Å²) >= 11 is 4.08. The zero-order valence-corrected chi connectivity index (χ0v) is 9.82. The average Bonchev–Trinajstić information content (AvgIpc) is 1.87. The Bertz CT molecular complexity index is 218. The predicted octanol–water partition coefficient (Wildman–Crippen LogP) is 2.45. The highest BCUT2D eigenvalue weighted by molar-refractivity contribution is 7.80. The van der Waals surface area contributed by atoms with E-state index in [0.717, 1.165) is 4.90 Å². The van der Waals surface area contributed by atoms with Crippen LogP contribution in [-0.2, 0) is 4.57 Å². The third kappa shape index (κ3) is 18.9. The molecule has 0 aliphatic carbocycles. The minimum atomic E-state index is -2.87. The van der Waals surface area contributed by atoms with E-state index in [4.69, 9.17) is 14.4 Å². The van der Waals surface area contributed by atoms with Crippen molar-refractivity contribution in [1.29, 1.82) is 0 Å². The van der Waals surface area contributed by atoms with E-state index in [0.29, 0.717) is 0 Å². The Morgan fingerprint density at radius 1 is 1.08 bits per heavy atom. The lowest BCUT2D eigenvalue weighted by Crippen LogP contribution is -1.56. The summed E-state index contributed by atoms with van der Waals surface area (Å²) < 4.78 is 8.70. The van der Waals surface area contributed by atoms with Crippen molar-refractivity contribution < 1.29 is 14.4 Å². The van der Waals surface area contributed by atoms with Crippen LogP contribution in [0.15, 0.2) is 35.2 Å². The Balaban J connectivity index is -0.000000150. The first-order valence-electron chi connectivity index (χ1n) is 2.72. The fourth-order valence-corrected chi connectivity index (χ4v) is 0.600. The summed E-state index contributed by atoms with van der Waals surface area (Å²) in [6.07, 6.45) is 0. The summed E-state index contributed by atoms with van der Waals surface area (Å²) in [5.74, 6) is 0. The molecule has 3 nitrogen and oxygen atoms in total. The summed E-state index contributed by atoms with van der Waals surface area (Å²) in [7, 11) is -2.87. The molecular weight excluding hydrogens is 254 g/mol. The van der Waals surface area contributed by atoms with Crippen LogP contribution in [0.2, 0.25) is 0 Å². The third-order valence-electron chi connectivity index (χ3n) is 0.756. The highest BCUT2D eigenvalue weighted by Crippen LogP contribution is 2.00. The van der Waals surface area contributed by atoms with Crippen molar-refractivity contribution in [1.82, 2.24) is 0 Å². The van der Waals surface area contributed by atoms with Crippen molar-refractivity contribution >= 4 is 45.7 Å². The first kappa shape index (κ1) is 18.9. The zero-order chi connectivity index (χ0) is 8.69. The maximum absolute atomic E-state index is 8.70. The van der Waals surface area contributed by atoms with Gasteiger partial charge in [-0.1, -0.05) is 18.2 Å². The van der Waals surface area contributed by atoms with Crippen molar-refractivity contribution in [3.05, 3.63) is 30.3 Å². The highest BCUT2D eigenvalue weighted by Gasteiger charge is 1.73. The Morgan fingerprint density at radius 3 is 1.54 bits per heavy atom. The molecule has 0 saturated carbocycles. The number of hydrogen-bond acceptors (Lipinski definition) is 2. The first-order chi connectivity index (χ1) is 5.13. The van der Waals surface area contributed by atoms with E-state index in [1.807, 2.05) is 30.3 Å². The number of rotatable bonds is 0. The van der Waals surface area contributed by atoms with Gasteiger partial charge in [0, 0.05) is 4.90 Å². The van der Waals surface area contributed by atoms with Gasteiger partial charge in [0.1, 0.15) is 0 Å². The molecule has 1 rings (SSSR count).